The summed E-state index contributed by atoms with van der Waals surface area (Å²) in [5.41, 5.74) is 2.26. The molecule has 176 valence electrons. The number of ether oxygens (including phenoxy) is 1. The summed E-state index contributed by atoms with van der Waals surface area (Å²) < 4.78 is 32.6. The summed E-state index contributed by atoms with van der Waals surface area (Å²) >= 11 is 4.52. The minimum atomic E-state index is -3.62. The molecule has 1 aliphatic rings. The Labute approximate surface area is 206 Å². The van der Waals surface area contributed by atoms with Crippen molar-refractivity contribution in [3.8, 4) is 0 Å². The zero-order valence-electron chi connectivity index (χ0n) is 18.3. The van der Waals surface area contributed by atoms with Gasteiger partial charge in [-0.05, 0) is 42.7 Å². The highest BCUT2D eigenvalue weighted by atomic mass is 32.2. The summed E-state index contributed by atoms with van der Waals surface area (Å²) in [4.78, 5) is 19.6. The van der Waals surface area contributed by atoms with Crippen LogP contribution in [0.3, 0.4) is 0 Å². The number of thioether (sulfide) groups is 2. The third-order valence-electron chi connectivity index (χ3n) is 5.14. The fourth-order valence-corrected chi connectivity index (χ4v) is 7.93. The normalized spacial score (nSPS) is 16.2. The molecule has 3 heterocycles. The van der Waals surface area contributed by atoms with Crippen LogP contribution in [0.1, 0.15) is 19.0 Å². The first-order chi connectivity index (χ1) is 15.9. The number of nitrogens with zero attached hydrogens (tertiary/aromatic N) is 2. The average molecular weight is 524 g/mol. The Kier molecular flexibility index (Phi) is 7.72. The summed E-state index contributed by atoms with van der Waals surface area (Å²) in [6.07, 6.45) is 0.953. The van der Waals surface area contributed by atoms with E-state index in [-0.39, 0.29) is 5.97 Å². The van der Waals surface area contributed by atoms with E-state index in [4.69, 9.17) is 9.73 Å². The summed E-state index contributed by atoms with van der Waals surface area (Å²) in [5.74, 6) is 1.09. The number of aliphatic imine (C=N–C) groups is 1. The Morgan fingerprint density at radius 2 is 2.18 bits per heavy atom. The first-order valence-corrected chi connectivity index (χ1v) is 14.8. The molecule has 0 saturated heterocycles. The number of benzene rings is 1. The standard InChI is InChI=1S/C22H25N3O4S4/c1-3-29-19(26)14-30-11-9-16-13-23-22(32-16)17-12-15-6-4-7-18(21(15)24-17)25(2)33(27,28)20-8-5-10-31-20/h4-8,10,12,16,24H,3,9,11,13-14H2,1-2H3. The molecule has 0 radical (unpaired) electrons. The van der Waals surface area contributed by atoms with Crippen molar-refractivity contribution in [3.63, 3.8) is 0 Å². The SMILES string of the molecule is CCOC(=O)CSCCC1CN=C(c2cc3cccc(N(C)S(=O)(=O)c4cccs4)c3[nH]2)S1. The van der Waals surface area contributed by atoms with Crippen LogP contribution in [0.4, 0.5) is 5.69 Å². The molecule has 1 unspecified atom stereocenters. The maximum Gasteiger partial charge on any atom is 0.315 e. The van der Waals surface area contributed by atoms with Crippen LogP contribution in [0.15, 0.2) is 51.0 Å². The van der Waals surface area contributed by atoms with Crippen LogP contribution in [0.25, 0.3) is 10.9 Å². The predicted octanol–water partition coefficient (Wildman–Crippen LogP) is 4.60. The number of aromatic nitrogens is 1. The molecule has 4 rings (SSSR count). The van der Waals surface area contributed by atoms with Crippen molar-refractivity contribution in [1.82, 2.24) is 4.98 Å². The molecule has 1 atom stereocenters. The Morgan fingerprint density at radius 3 is 2.94 bits per heavy atom. The maximum absolute atomic E-state index is 13.0. The molecule has 7 nitrogen and oxygen atoms in total. The number of esters is 1. The van der Waals surface area contributed by atoms with E-state index < -0.39 is 10.0 Å². The molecule has 0 amide bonds. The minimum absolute atomic E-state index is 0.168. The van der Waals surface area contributed by atoms with E-state index in [0.29, 0.717) is 27.5 Å². The van der Waals surface area contributed by atoms with Crippen molar-refractivity contribution in [3.05, 3.63) is 47.5 Å². The first-order valence-electron chi connectivity index (χ1n) is 10.5. The number of nitrogens with one attached hydrogen (secondary N) is 1. The van der Waals surface area contributed by atoms with Crippen molar-refractivity contribution in [1.29, 1.82) is 0 Å². The zero-order chi connectivity index (χ0) is 23.4. The topological polar surface area (TPSA) is 91.8 Å². The fraction of sp³-hybridized carbons (Fsp3) is 0.364. The minimum Gasteiger partial charge on any atom is -0.465 e. The number of hydrogen-bond donors (Lipinski definition) is 1. The lowest BCUT2D eigenvalue weighted by Crippen LogP contribution is -2.26. The highest BCUT2D eigenvalue weighted by Crippen LogP contribution is 2.34. The highest BCUT2D eigenvalue weighted by molar-refractivity contribution is 8.15. The van der Waals surface area contributed by atoms with Crippen molar-refractivity contribution >= 4 is 72.5 Å². The van der Waals surface area contributed by atoms with Gasteiger partial charge in [0.25, 0.3) is 10.0 Å². The molecule has 1 N–H and O–H groups in total. The monoisotopic (exact) mass is 523 g/mol. The van der Waals surface area contributed by atoms with Gasteiger partial charge in [-0.1, -0.05) is 30.0 Å². The molecule has 3 aromatic rings. The van der Waals surface area contributed by atoms with Gasteiger partial charge in [-0.3, -0.25) is 14.1 Å². The van der Waals surface area contributed by atoms with Crippen LogP contribution >= 0.6 is 34.9 Å². The lowest BCUT2D eigenvalue weighted by Gasteiger charge is -2.19. The molecule has 33 heavy (non-hydrogen) atoms. The maximum atomic E-state index is 13.0. The molecular formula is C22H25N3O4S4. The Bertz CT molecular complexity index is 1250. The molecule has 1 aliphatic heterocycles. The third kappa shape index (κ3) is 5.42. The van der Waals surface area contributed by atoms with Crippen molar-refractivity contribution in [2.75, 3.05) is 36.0 Å². The Balaban J connectivity index is 1.44. The summed E-state index contributed by atoms with van der Waals surface area (Å²) in [6.45, 7) is 2.95. The molecule has 11 heteroatoms. The van der Waals surface area contributed by atoms with Crippen LogP contribution in [-0.4, -0.2) is 61.4 Å². The molecule has 0 saturated carbocycles. The first kappa shape index (κ1) is 24.2. The summed E-state index contributed by atoms with van der Waals surface area (Å²) in [5, 5.41) is 3.99. The Morgan fingerprint density at radius 1 is 1.33 bits per heavy atom. The predicted molar refractivity (Wildman–Crippen MR) is 140 cm³/mol. The van der Waals surface area contributed by atoms with E-state index in [1.165, 1.54) is 15.6 Å². The fourth-order valence-electron chi connectivity index (χ4n) is 3.48. The van der Waals surface area contributed by atoms with E-state index in [0.717, 1.165) is 40.4 Å². The van der Waals surface area contributed by atoms with Crippen LogP contribution in [0.2, 0.25) is 0 Å². The van der Waals surface area contributed by atoms with Crippen molar-refractivity contribution < 1.29 is 17.9 Å². The number of sulfonamides is 1. The molecule has 0 spiro atoms. The average Bonchev–Trinajstić information content (AvgIpc) is 3.56. The number of hydrogen-bond acceptors (Lipinski definition) is 8. The summed E-state index contributed by atoms with van der Waals surface area (Å²) in [6, 6.07) is 11.0. The molecular weight excluding hydrogens is 499 g/mol. The molecule has 2 aromatic heterocycles. The molecule has 1 aromatic carbocycles. The second-order valence-electron chi connectivity index (χ2n) is 7.36. The third-order valence-corrected chi connectivity index (χ3v) is 10.5. The van der Waals surface area contributed by atoms with Gasteiger partial charge in [-0.15, -0.1) is 11.3 Å². The van der Waals surface area contributed by atoms with Crippen LogP contribution in [0.5, 0.6) is 0 Å². The molecule has 0 bridgehead atoms. The number of H-pyrrole nitrogens is 1. The number of rotatable bonds is 10. The number of aromatic amines is 1. The number of carbonyl (C=O) groups excluding carboxylic acids is 1. The van der Waals surface area contributed by atoms with Gasteiger partial charge in [-0.2, -0.15) is 11.8 Å². The van der Waals surface area contributed by atoms with Gasteiger partial charge in [0.1, 0.15) is 9.25 Å². The van der Waals surface area contributed by atoms with E-state index in [2.05, 4.69) is 4.98 Å². The zero-order valence-corrected chi connectivity index (χ0v) is 21.6. The second-order valence-corrected chi connectivity index (χ2v) is 12.9. The van der Waals surface area contributed by atoms with E-state index >= 15 is 0 Å². The smallest absolute Gasteiger partial charge is 0.315 e. The van der Waals surface area contributed by atoms with E-state index in [1.54, 1.807) is 54.2 Å². The second kappa shape index (κ2) is 10.5. The molecule has 0 aliphatic carbocycles. The molecule has 0 fully saturated rings. The van der Waals surface area contributed by atoms with E-state index in [1.807, 2.05) is 25.1 Å². The highest BCUT2D eigenvalue weighted by Gasteiger charge is 2.26. The largest absolute Gasteiger partial charge is 0.465 e. The van der Waals surface area contributed by atoms with Gasteiger partial charge in [0.05, 0.1) is 35.8 Å². The lowest BCUT2D eigenvalue weighted by atomic mass is 10.2. The van der Waals surface area contributed by atoms with Gasteiger partial charge in [0.15, 0.2) is 0 Å². The van der Waals surface area contributed by atoms with Gasteiger partial charge in [-0.25, -0.2) is 8.42 Å². The van der Waals surface area contributed by atoms with Gasteiger partial charge in [0, 0.05) is 17.7 Å². The number of para-hydroxylation sites is 1. The Hall–Kier alpha value is -1.95. The quantitative estimate of drug-likeness (QED) is 0.308. The van der Waals surface area contributed by atoms with Gasteiger partial charge < -0.3 is 9.72 Å². The van der Waals surface area contributed by atoms with Crippen LogP contribution in [-0.2, 0) is 19.6 Å². The van der Waals surface area contributed by atoms with Crippen LogP contribution < -0.4 is 4.31 Å². The number of fused-ring (bicyclic) bond motifs is 1. The van der Waals surface area contributed by atoms with Crippen LogP contribution in [0, 0.1) is 0 Å². The number of carbonyl (C=O) groups is 1. The van der Waals surface area contributed by atoms with Crippen molar-refractivity contribution in [2.45, 2.75) is 22.8 Å². The van der Waals surface area contributed by atoms with Gasteiger partial charge in [0.2, 0.25) is 0 Å². The number of anilines is 1. The van der Waals surface area contributed by atoms with Gasteiger partial charge >= 0.3 is 5.97 Å². The number of thiophene rings is 1. The van der Waals surface area contributed by atoms with Crippen molar-refractivity contribution in [2.24, 2.45) is 4.99 Å². The van der Waals surface area contributed by atoms with E-state index in [9.17, 15) is 13.2 Å². The summed E-state index contributed by atoms with van der Waals surface area (Å²) in [7, 11) is -2.04. The lowest BCUT2D eigenvalue weighted by molar-refractivity contribution is -0.139.